The van der Waals surface area contributed by atoms with Gasteiger partial charge in [-0.15, -0.1) is 0 Å². The number of para-hydroxylation sites is 2. The van der Waals surface area contributed by atoms with Gasteiger partial charge in [-0.2, -0.15) is 0 Å². The summed E-state index contributed by atoms with van der Waals surface area (Å²) < 4.78 is 2.38. The molecular formula is C24H31N3O. The Balaban J connectivity index is 1.57. The molecule has 0 aliphatic rings. The van der Waals surface area contributed by atoms with E-state index in [1.54, 1.807) is 0 Å². The third kappa shape index (κ3) is 5.44. The number of benzene rings is 2. The number of carbonyl (C=O) groups is 1. The van der Waals surface area contributed by atoms with Crippen LogP contribution in [0.25, 0.3) is 11.0 Å². The van der Waals surface area contributed by atoms with Crippen LogP contribution in [-0.4, -0.2) is 22.0 Å². The van der Waals surface area contributed by atoms with Gasteiger partial charge in [-0.05, 0) is 37.0 Å². The van der Waals surface area contributed by atoms with Gasteiger partial charge in [0.25, 0.3) is 0 Å². The van der Waals surface area contributed by atoms with Crippen molar-refractivity contribution in [3.05, 3.63) is 66.0 Å². The van der Waals surface area contributed by atoms with E-state index < -0.39 is 0 Å². The van der Waals surface area contributed by atoms with Crippen LogP contribution in [0.1, 0.15) is 44.5 Å². The number of nitrogens with one attached hydrogen (secondary N) is 1. The van der Waals surface area contributed by atoms with Gasteiger partial charge in [-0.25, -0.2) is 4.98 Å². The first-order valence-electron chi connectivity index (χ1n) is 10.4. The van der Waals surface area contributed by atoms with Crippen LogP contribution in [0.15, 0.2) is 54.6 Å². The van der Waals surface area contributed by atoms with Gasteiger partial charge in [0.2, 0.25) is 5.91 Å². The van der Waals surface area contributed by atoms with Crippen LogP contribution in [0.4, 0.5) is 0 Å². The summed E-state index contributed by atoms with van der Waals surface area (Å²) in [5, 5.41) is 2.99. The summed E-state index contributed by atoms with van der Waals surface area (Å²) in [6.45, 7) is 5.57. The maximum absolute atomic E-state index is 11.6. The molecule has 1 heterocycles. The van der Waals surface area contributed by atoms with E-state index in [4.69, 9.17) is 4.98 Å². The first kappa shape index (κ1) is 20.1. The number of rotatable bonds is 10. The number of nitrogens with zero attached hydrogens (tertiary/aromatic N) is 2. The van der Waals surface area contributed by atoms with Gasteiger partial charge in [-0.1, -0.05) is 62.7 Å². The van der Waals surface area contributed by atoms with Crippen molar-refractivity contribution in [1.82, 2.24) is 14.9 Å². The number of hydrogen-bond acceptors (Lipinski definition) is 2. The van der Waals surface area contributed by atoms with Crippen molar-refractivity contribution in [3.8, 4) is 0 Å². The average Bonchev–Trinajstić information content (AvgIpc) is 3.07. The highest BCUT2D eigenvalue weighted by Crippen LogP contribution is 2.19. The molecule has 0 aliphatic heterocycles. The molecular weight excluding hydrogens is 346 g/mol. The normalized spacial score (nSPS) is 11.2. The zero-order chi connectivity index (χ0) is 19.8. The van der Waals surface area contributed by atoms with Crippen molar-refractivity contribution in [1.29, 1.82) is 0 Å². The molecule has 2 aromatic carbocycles. The van der Waals surface area contributed by atoms with Gasteiger partial charge in [0, 0.05) is 25.4 Å². The highest BCUT2D eigenvalue weighted by atomic mass is 16.1. The number of fused-ring (bicyclic) bond motifs is 1. The van der Waals surface area contributed by atoms with Crippen molar-refractivity contribution >= 4 is 16.9 Å². The van der Waals surface area contributed by atoms with Crippen molar-refractivity contribution in [2.24, 2.45) is 5.92 Å². The van der Waals surface area contributed by atoms with E-state index in [0.29, 0.717) is 0 Å². The molecule has 1 aromatic heterocycles. The molecule has 1 amide bonds. The van der Waals surface area contributed by atoms with E-state index in [2.05, 4.69) is 64.5 Å². The molecule has 0 saturated carbocycles. The average molecular weight is 378 g/mol. The van der Waals surface area contributed by atoms with Crippen LogP contribution in [0.5, 0.6) is 0 Å². The van der Waals surface area contributed by atoms with Crippen LogP contribution in [0.2, 0.25) is 0 Å². The van der Waals surface area contributed by atoms with Gasteiger partial charge < -0.3 is 9.88 Å². The quantitative estimate of drug-likeness (QED) is 0.518. The summed E-state index contributed by atoms with van der Waals surface area (Å²) in [6.07, 6.45) is 5.19. The lowest BCUT2D eigenvalue weighted by Crippen LogP contribution is -2.28. The molecule has 0 fully saturated rings. The molecule has 3 aromatic rings. The van der Waals surface area contributed by atoms with E-state index in [1.807, 2.05) is 13.8 Å². The van der Waals surface area contributed by atoms with E-state index in [0.717, 1.165) is 50.7 Å². The molecule has 0 unspecified atom stereocenters. The zero-order valence-electron chi connectivity index (χ0n) is 17.0. The number of hydrogen-bond donors (Lipinski definition) is 1. The maximum Gasteiger partial charge on any atom is 0.222 e. The molecule has 0 bridgehead atoms. The smallest absolute Gasteiger partial charge is 0.222 e. The highest BCUT2D eigenvalue weighted by molar-refractivity contribution is 5.77. The SMILES string of the molecule is CC(C)C(=O)NCCCCCc1nc2ccccc2n1CCc1ccccc1. The molecule has 0 atom stereocenters. The largest absolute Gasteiger partial charge is 0.356 e. The molecule has 148 valence electrons. The molecule has 0 spiro atoms. The Kier molecular flexibility index (Phi) is 7.24. The number of amides is 1. The molecule has 4 nitrogen and oxygen atoms in total. The van der Waals surface area contributed by atoms with Gasteiger partial charge in [0.15, 0.2) is 0 Å². The zero-order valence-corrected chi connectivity index (χ0v) is 17.0. The maximum atomic E-state index is 11.6. The fourth-order valence-corrected chi connectivity index (χ4v) is 3.45. The summed E-state index contributed by atoms with van der Waals surface area (Å²) in [5.41, 5.74) is 3.65. The first-order chi connectivity index (χ1) is 13.6. The van der Waals surface area contributed by atoms with E-state index >= 15 is 0 Å². The third-order valence-corrected chi connectivity index (χ3v) is 5.10. The lowest BCUT2D eigenvalue weighted by Gasteiger charge is -2.10. The highest BCUT2D eigenvalue weighted by Gasteiger charge is 2.10. The molecule has 0 radical (unpaired) electrons. The number of carbonyl (C=O) groups excluding carboxylic acids is 1. The Labute approximate surface area is 168 Å². The lowest BCUT2D eigenvalue weighted by atomic mass is 10.1. The monoisotopic (exact) mass is 377 g/mol. The summed E-state index contributed by atoms with van der Waals surface area (Å²) in [5.74, 6) is 1.37. The van der Waals surface area contributed by atoms with Gasteiger partial charge in [0.1, 0.15) is 5.82 Å². The van der Waals surface area contributed by atoms with Crippen LogP contribution < -0.4 is 5.32 Å². The molecule has 28 heavy (non-hydrogen) atoms. The summed E-state index contributed by atoms with van der Waals surface area (Å²) in [7, 11) is 0. The Bertz CT molecular complexity index is 883. The number of aryl methyl sites for hydroxylation is 3. The Hall–Kier alpha value is -2.62. The Morgan fingerprint density at radius 2 is 1.71 bits per heavy atom. The first-order valence-corrected chi connectivity index (χ1v) is 10.4. The van der Waals surface area contributed by atoms with Crippen molar-refractivity contribution in [3.63, 3.8) is 0 Å². The van der Waals surface area contributed by atoms with Gasteiger partial charge >= 0.3 is 0 Å². The van der Waals surface area contributed by atoms with E-state index in [-0.39, 0.29) is 11.8 Å². The van der Waals surface area contributed by atoms with Crippen LogP contribution in [0.3, 0.4) is 0 Å². The van der Waals surface area contributed by atoms with Gasteiger partial charge in [0.05, 0.1) is 11.0 Å². The fourth-order valence-electron chi connectivity index (χ4n) is 3.45. The second-order valence-corrected chi connectivity index (χ2v) is 7.66. The lowest BCUT2D eigenvalue weighted by molar-refractivity contribution is -0.123. The molecule has 0 saturated heterocycles. The van der Waals surface area contributed by atoms with E-state index in [1.165, 1.54) is 16.9 Å². The summed E-state index contributed by atoms with van der Waals surface area (Å²) in [4.78, 5) is 16.5. The fraction of sp³-hybridized carbons (Fsp3) is 0.417. The van der Waals surface area contributed by atoms with Crippen LogP contribution in [0, 0.1) is 5.92 Å². The predicted octanol–water partition coefficient (Wildman–Crippen LogP) is 4.76. The second-order valence-electron chi connectivity index (χ2n) is 7.66. The van der Waals surface area contributed by atoms with Crippen molar-refractivity contribution in [2.45, 2.75) is 52.5 Å². The molecule has 3 rings (SSSR count). The molecule has 4 heteroatoms. The minimum Gasteiger partial charge on any atom is -0.356 e. The number of unbranched alkanes of at least 4 members (excludes halogenated alkanes) is 2. The second kappa shape index (κ2) is 10.1. The number of aromatic nitrogens is 2. The van der Waals surface area contributed by atoms with Gasteiger partial charge in [-0.3, -0.25) is 4.79 Å². The topological polar surface area (TPSA) is 46.9 Å². The standard InChI is InChI=1S/C24H31N3O/c1-19(2)24(28)25-17-10-4-7-15-23-26-21-13-8-9-14-22(21)27(23)18-16-20-11-5-3-6-12-20/h3,5-6,8-9,11-14,19H,4,7,10,15-18H2,1-2H3,(H,25,28). The Morgan fingerprint density at radius 3 is 2.50 bits per heavy atom. The number of imidazole rings is 1. The molecule has 0 aliphatic carbocycles. The molecule has 1 N–H and O–H groups in total. The Morgan fingerprint density at radius 1 is 0.964 bits per heavy atom. The van der Waals surface area contributed by atoms with Crippen LogP contribution >= 0.6 is 0 Å². The minimum absolute atomic E-state index is 0.0597. The van der Waals surface area contributed by atoms with Crippen molar-refractivity contribution in [2.75, 3.05) is 6.54 Å². The van der Waals surface area contributed by atoms with Crippen LogP contribution in [-0.2, 0) is 24.2 Å². The summed E-state index contributed by atoms with van der Waals surface area (Å²) in [6, 6.07) is 19.0. The third-order valence-electron chi connectivity index (χ3n) is 5.10. The van der Waals surface area contributed by atoms with Crippen molar-refractivity contribution < 1.29 is 4.79 Å². The van der Waals surface area contributed by atoms with E-state index in [9.17, 15) is 4.79 Å². The summed E-state index contributed by atoms with van der Waals surface area (Å²) >= 11 is 0. The minimum atomic E-state index is 0.0597. The predicted molar refractivity (Wildman–Crippen MR) is 115 cm³/mol.